The van der Waals surface area contributed by atoms with Crippen LogP contribution in [0.3, 0.4) is 0 Å². The van der Waals surface area contributed by atoms with Crippen LogP contribution in [0.4, 0.5) is 0 Å². The first-order valence-electron chi connectivity index (χ1n) is 4.69. The van der Waals surface area contributed by atoms with Crippen molar-refractivity contribution in [2.24, 2.45) is 0 Å². The topological polar surface area (TPSA) is 68.9 Å². The first-order valence-corrected chi connectivity index (χ1v) is 5.07. The average Bonchev–Trinajstić information content (AvgIpc) is 2.28. The highest BCUT2D eigenvalue weighted by molar-refractivity contribution is 6.32. The molecule has 0 atom stereocenters. The van der Waals surface area contributed by atoms with Crippen LogP contribution in [0.5, 0.6) is 0 Å². The lowest BCUT2D eigenvalue weighted by molar-refractivity contribution is 0.276. The monoisotopic (exact) mass is 223 g/mol. The number of halogens is 1. The molecule has 1 aromatic rings. The number of aromatic nitrogens is 1. The van der Waals surface area contributed by atoms with Crippen molar-refractivity contribution in [3.63, 3.8) is 0 Å². The Kier molecular flexibility index (Phi) is 2.87. The van der Waals surface area contributed by atoms with Gasteiger partial charge in [0.05, 0.1) is 28.6 Å². The molecule has 0 saturated carbocycles. The molecule has 0 aliphatic carbocycles. The van der Waals surface area contributed by atoms with Crippen LogP contribution in [0.25, 0.3) is 0 Å². The number of nitriles is 1. The zero-order valence-corrected chi connectivity index (χ0v) is 8.80. The maximum Gasteiger partial charge on any atom is 0.101 e. The maximum atomic E-state index is 9.06. The largest absolute Gasteiger partial charge is 0.390 e. The number of fused-ring (bicyclic) bond motifs is 1. The summed E-state index contributed by atoms with van der Waals surface area (Å²) in [6.45, 7) is 1.23. The van der Waals surface area contributed by atoms with Crippen LogP contribution in [-0.4, -0.2) is 16.6 Å². The Hall–Kier alpha value is -1.15. The molecular formula is C10H10ClN3O. The van der Waals surface area contributed by atoms with Gasteiger partial charge in [0.2, 0.25) is 0 Å². The molecule has 4 nitrogen and oxygen atoms in total. The van der Waals surface area contributed by atoms with Crippen LogP contribution in [0, 0.1) is 11.3 Å². The van der Waals surface area contributed by atoms with Gasteiger partial charge in [-0.15, -0.1) is 0 Å². The number of aliphatic hydroxyl groups is 1. The van der Waals surface area contributed by atoms with E-state index in [1.54, 1.807) is 0 Å². The molecule has 15 heavy (non-hydrogen) atoms. The number of pyridine rings is 1. The minimum Gasteiger partial charge on any atom is -0.390 e. The zero-order chi connectivity index (χ0) is 10.8. The molecule has 2 N–H and O–H groups in total. The predicted molar refractivity (Wildman–Crippen MR) is 55.3 cm³/mol. The van der Waals surface area contributed by atoms with Gasteiger partial charge in [-0.1, -0.05) is 11.6 Å². The molecule has 5 heteroatoms. The quantitative estimate of drug-likeness (QED) is 0.737. The molecule has 1 aliphatic rings. The van der Waals surface area contributed by atoms with Gasteiger partial charge in [0.15, 0.2) is 0 Å². The van der Waals surface area contributed by atoms with Gasteiger partial charge in [0.1, 0.15) is 6.07 Å². The average molecular weight is 224 g/mol. The van der Waals surface area contributed by atoms with Crippen molar-refractivity contribution >= 4 is 11.6 Å². The Morgan fingerprint density at radius 3 is 3.07 bits per heavy atom. The fourth-order valence-electron chi connectivity index (χ4n) is 1.76. The van der Waals surface area contributed by atoms with Crippen LogP contribution < -0.4 is 5.32 Å². The standard InChI is InChI=1S/C10H10ClN3O/c11-10-7(3-12)6-1-2-13-4-8(6)14-9(10)5-15/h13,15H,1-2,4-5H2. The minimum atomic E-state index is -0.235. The molecule has 0 saturated heterocycles. The Bertz CT molecular complexity index is 439. The lowest BCUT2D eigenvalue weighted by Crippen LogP contribution is -2.26. The number of hydrogen-bond donors (Lipinski definition) is 2. The summed E-state index contributed by atoms with van der Waals surface area (Å²) in [6, 6.07) is 2.09. The van der Waals surface area contributed by atoms with E-state index < -0.39 is 0 Å². The molecule has 1 aliphatic heterocycles. The van der Waals surface area contributed by atoms with Crippen molar-refractivity contribution in [1.29, 1.82) is 5.26 Å². The van der Waals surface area contributed by atoms with E-state index in [1.165, 1.54) is 0 Å². The van der Waals surface area contributed by atoms with Crippen molar-refractivity contribution in [3.8, 4) is 6.07 Å². The van der Waals surface area contributed by atoms with E-state index in [0.29, 0.717) is 22.8 Å². The fourth-order valence-corrected chi connectivity index (χ4v) is 2.02. The number of nitrogens with one attached hydrogen (secondary N) is 1. The third kappa shape index (κ3) is 1.70. The number of nitrogens with zero attached hydrogens (tertiary/aromatic N) is 2. The Morgan fingerprint density at radius 1 is 1.60 bits per heavy atom. The predicted octanol–water partition coefficient (Wildman–Crippen LogP) is 0.745. The van der Waals surface area contributed by atoms with Gasteiger partial charge in [0, 0.05) is 6.54 Å². The summed E-state index contributed by atoms with van der Waals surface area (Å²) in [5, 5.41) is 21.6. The van der Waals surface area contributed by atoms with Gasteiger partial charge in [-0.25, -0.2) is 0 Å². The highest BCUT2D eigenvalue weighted by atomic mass is 35.5. The van der Waals surface area contributed by atoms with E-state index in [1.807, 2.05) is 0 Å². The minimum absolute atomic E-state index is 0.235. The molecular weight excluding hydrogens is 214 g/mol. The van der Waals surface area contributed by atoms with Crippen molar-refractivity contribution < 1.29 is 5.11 Å². The molecule has 1 aromatic heterocycles. The summed E-state index contributed by atoms with van der Waals surface area (Å²) in [6.07, 6.45) is 0.761. The summed E-state index contributed by atoms with van der Waals surface area (Å²) in [5.41, 5.74) is 2.59. The van der Waals surface area contributed by atoms with Crippen molar-refractivity contribution in [1.82, 2.24) is 10.3 Å². The van der Waals surface area contributed by atoms with Gasteiger partial charge in [-0.3, -0.25) is 4.98 Å². The molecule has 0 fully saturated rings. The van der Waals surface area contributed by atoms with Crippen molar-refractivity contribution in [2.45, 2.75) is 19.6 Å². The molecule has 0 spiro atoms. The Labute approximate surface area is 92.5 Å². The second-order valence-electron chi connectivity index (χ2n) is 3.37. The van der Waals surface area contributed by atoms with Crippen LogP contribution >= 0.6 is 11.6 Å². The van der Waals surface area contributed by atoms with Crippen LogP contribution in [-0.2, 0) is 19.6 Å². The highest BCUT2D eigenvalue weighted by Gasteiger charge is 2.19. The molecule has 0 bridgehead atoms. The van der Waals surface area contributed by atoms with Gasteiger partial charge in [-0.05, 0) is 18.5 Å². The Morgan fingerprint density at radius 2 is 2.40 bits per heavy atom. The SMILES string of the molecule is N#Cc1c(Cl)c(CO)nc2c1CCNC2. The summed E-state index contributed by atoms with van der Waals surface area (Å²) >= 11 is 5.98. The van der Waals surface area contributed by atoms with E-state index in [-0.39, 0.29) is 6.61 Å². The number of aliphatic hydroxyl groups excluding tert-OH is 1. The molecule has 78 valence electrons. The lowest BCUT2D eigenvalue weighted by Gasteiger charge is -2.19. The van der Waals surface area contributed by atoms with E-state index in [2.05, 4.69) is 16.4 Å². The molecule has 0 unspecified atom stereocenters. The lowest BCUT2D eigenvalue weighted by atomic mass is 10.00. The van der Waals surface area contributed by atoms with E-state index in [9.17, 15) is 0 Å². The fraction of sp³-hybridized carbons (Fsp3) is 0.400. The van der Waals surface area contributed by atoms with Gasteiger partial charge in [0.25, 0.3) is 0 Å². The van der Waals surface area contributed by atoms with E-state index >= 15 is 0 Å². The third-order valence-electron chi connectivity index (χ3n) is 2.50. The second-order valence-corrected chi connectivity index (χ2v) is 3.75. The van der Waals surface area contributed by atoms with Crippen molar-refractivity contribution in [3.05, 3.63) is 27.5 Å². The van der Waals surface area contributed by atoms with Crippen LogP contribution in [0.2, 0.25) is 5.02 Å². The summed E-state index contributed by atoms with van der Waals surface area (Å²) < 4.78 is 0. The summed E-state index contributed by atoms with van der Waals surface area (Å²) in [4.78, 5) is 4.24. The Balaban J connectivity index is 2.65. The molecule has 0 radical (unpaired) electrons. The first-order chi connectivity index (χ1) is 7.27. The summed E-state index contributed by atoms with van der Waals surface area (Å²) in [7, 11) is 0. The van der Waals surface area contributed by atoms with Crippen molar-refractivity contribution in [2.75, 3.05) is 6.54 Å². The molecule has 2 rings (SSSR count). The molecule has 0 amide bonds. The smallest absolute Gasteiger partial charge is 0.101 e. The first kappa shape index (κ1) is 10.4. The maximum absolute atomic E-state index is 9.06. The van der Waals surface area contributed by atoms with Gasteiger partial charge < -0.3 is 10.4 Å². The third-order valence-corrected chi connectivity index (χ3v) is 2.91. The normalized spacial score (nSPS) is 14.5. The number of rotatable bonds is 1. The molecule has 0 aromatic carbocycles. The second kappa shape index (κ2) is 4.15. The van der Waals surface area contributed by atoms with E-state index in [0.717, 1.165) is 24.2 Å². The number of hydrogen-bond acceptors (Lipinski definition) is 4. The van der Waals surface area contributed by atoms with Gasteiger partial charge >= 0.3 is 0 Å². The van der Waals surface area contributed by atoms with Crippen LogP contribution in [0.1, 0.15) is 22.5 Å². The van der Waals surface area contributed by atoms with Gasteiger partial charge in [-0.2, -0.15) is 5.26 Å². The van der Waals surface area contributed by atoms with Crippen LogP contribution in [0.15, 0.2) is 0 Å². The molecule has 2 heterocycles. The highest BCUT2D eigenvalue weighted by Crippen LogP contribution is 2.26. The zero-order valence-electron chi connectivity index (χ0n) is 8.05. The van der Waals surface area contributed by atoms with E-state index in [4.69, 9.17) is 22.0 Å². The summed E-state index contributed by atoms with van der Waals surface area (Å²) in [5.74, 6) is 0.